The van der Waals surface area contributed by atoms with E-state index in [1.54, 1.807) is 6.92 Å². The standard InChI is InChI=1S/C19H29NO4/c1-6-12(2)15(18(23)24)16(21)17(22)20-11-13-7-9-14(10-8-13)19(3,4)5/h7-10,12,15-16,21H,6,11H2,1-5H3,(H,20,22)(H,23,24)/t12-,15-,16+/m0/s1. The molecule has 5 nitrogen and oxygen atoms in total. The molecule has 134 valence electrons. The fourth-order valence-corrected chi connectivity index (χ4v) is 2.52. The van der Waals surface area contributed by atoms with Crippen LogP contribution >= 0.6 is 0 Å². The first kappa shape index (κ1) is 20.2. The van der Waals surface area contributed by atoms with Crippen molar-refractivity contribution in [3.8, 4) is 0 Å². The maximum atomic E-state index is 12.1. The van der Waals surface area contributed by atoms with Crippen LogP contribution in [0.15, 0.2) is 24.3 Å². The predicted molar refractivity (Wildman–Crippen MR) is 93.6 cm³/mol. The van der Waals surface area contributed by atoms with Gasteiger partial charge in [-0.2, -0.15) is 0 Å². The van der Waals surface area contributed by atoms with Crippen LogP contribution in [0.4, 0.5) is 0 Å². The zero-order chi connectivity index (χ0) is 18.5. The van der Waals surface area contributed by atoms with Gasteiger partial charge in [-0.1, -0.05) is 65.3 Å². The van der Waals surface area contributed by atoms with Gasteiger partial charge in [0.05, 0.1) is 5.92 Å². The molecule has 24 heavy (non-hydrogen) atoms. The van der Waals surface area contributed by atoms with Crippen LogP contribution in [-0.2, 0) is 21.5 Å². The topological polar surface area (TPSA) is 86.6 Å². The van der Waals surface area contributed by atoms with E-state index in [2.05, 4.69) is 26.1 Å². The Bertz CT molecular complexity index is 560. The normalized spacial score (nSPS) is 15.4. The maximum absolute atomic E-state index is 12.1. The highest BCUT2D eigenvalue weighted by molar-refractivity contribution is 5.86. The van der Waals surface area contributed by atoms with Crippen LogP contribution in [0.25, 0.3) is 0 Å². The van der Waals surface area contributed by atoms with Crippen LogP contribution in [0.3, 0.4) is 0 Å². The Morgan fingerprint density at radius 2 is 1.71 bits per heavy atom. The van der Waals surface area contributed by atoms with Crippen LogP contribution in [0.1, 0.15) is 52.2 Å². The molecule has 0 spiro atoms. The van der Waals surface area contributed by atoms with E-state index in [-0.39, 0.29) is 17.9 Å². The number of amides is 1. The Labute approximate surface area is 144 Å². The van der Waals surface area contributed by atoms with Crippen LogP contribution < -0.4 is 5.32 Å². The van der Waals surface area contributed by atoms with E-state index < -0.39 is 23.9 Å². The average molecular weight is 335 g/mol. The lowest BCUT2D eigenvalue weighted by molar-refractivity contribution is -0.153. The molecule has 0 aliphatic heterocycles. The maximum Gasteiger partial charge on any atom is 0.309 e. The number of aliphatic hydroxyl groups excluding tert-OH is 1. The van der Waals surface area contributed by atoms with Gasteiger partial charge in [-0.25, -0.2) is 0 Å². The highest BCUT2D eigenvalue weighted by atomic mass is 16.4. The molecule has 0 saturated heterocycles. The zero-order valence-corrected chi connectivity index (χ0v) is 15.2. The SMILES string of the molecule is CC[C@H](C)[C@H](C(=O)O)[C@@H](O)C(=O)NCc1ccc(C(C)(C)C)cc1. The van der Waals surface area contributed by atoms with Gasteiger partial charge in [-0.05, 0) is 22.5 Å². The molecule has 0 radical (unpaired) electrons. The average Bonchev–Trinajstić information content (AvgIpc) is 2.51. The van der Waals surface area contributed by atoms with Crippen molar-refractivity contribution in [1.82, 2.24) is 5.32 Å². The van der Waals surface area contributed by atoms with Crippen molar-refractivity contribution in [2.24, 2.45) is 11.8 Å². The lowest BCUT2D eigenvalue weighted by Crippen LogP contribution is -2.44. The second-order valence-electron chi connectivity index (χ2n) is 7.36. The van der Waals surface area contributed by atoms with E-state index in [4.69, 9.17) is 0 Å². The zero-order valence-electron chi connectivity index (χ0n) is 15.2. The lowest BCUT2D eigenvalue weighted by atomic mass is 9.86. The molecule has 0 aromatic heterocycles. The van der Waals surface area contributed by atoms with Crippen LogP contribution in [0.2, 0.25) is 0 Å². The number of rotatable bonds is 7. The Kier molecular flexibility index (Phi) is 6.96. The lowest BCUT2D eigenvalue weighted by Gasteiger charge is -2.23. The number of aliphatic carboxylic acids is 1. The first-order valence-electron chi connectivity index (χ1n) is 8.36. The summed E-state index contributed by atoms with van der Waals surface area (Å²) in [4.78, 5) is 23.4. The van der Waals surface area contributed by atoms with Crippen molar-refractivity contribution in [1.29, 1.82) is 0 Å². The van der Waals surface area contributed by atoms with Crippen LogP contribution in [-0.4, -0.2) is 28.2 Å². The monoisotopic (exact) mass is 335 g/mol. The van der Waals surface area contributed by atoms with E-state index in [0.29, 0.717) is 6.42 Å². The summed E-state index contributed by atoms with van der Waals surface area (Å²) in [5, 5.41) is 22.0. The van der Waals surface area contributed by atoms with Gasteiger partial charge in [-0.15, -0.1) is 0 Å². The Morgan fingerprint density at radius 1 is 1.17 bits per heavy atom. The van der Waals surface area contributed by atoms with Crippen LogP contribution in [0.5, 0.6) is 0 Å². The Morgan fingerprint density at radius 3 is 2.12 bits per heavy atom. The summed E-state index contributed by atoms with van der Waals surface area (Å²) in [5.41, 5.74) is 2.16. The molecule has 1 amide bonds. The second-order valence-corrected chi connectivity index (χ2v) is 7.36. The van der Waals surface area contributed by atoms with Crippen molar-refractivity contribution >= 4 is 11.9 Å². The van der Waals surface area contributed by atoms with Crippen molar-refractivity contribution in [2.75, 3.05) is 0 Å². The summed E-state index contributed by atoms with van der Waals surface area (Å²) in [7, 11) is 0. The number of carbonyl (C=O) groups is 2. The Balaban J connectivity index is 2.69. The third-order valence-electron chi connectivity index (χ3n) is 4.44. The summed E-state index contributed by atoms with van der Waals surface area (Å²) < 4.78 is 0. The van der Waals surface area contributed by atoms with Crippen molar-refractivity contribution < 1.29 is 19.8 Å². The van der Waals surface area contributed by atoms with E-state index in [9.17, 15) is 19.8 Å². The molecule has 0 saturated carbocycles. The minimum atomic E-state index is -1.55. The number of carboxylic acid groups (broad SMARTS) is 1. The number of hydrogen-bond donors (Lipinski definition) is 3. The van der Waals surface area contributed by atoms with E-state index >= 15 is 0 Å². The van der Waals surface area contributed by atoms with Gasteiger partial charge in [0.25, 0.3) is 0 Å². The molecule has 0 aliphatic carbocycles. The fourth-order valence-electron chi connectivity index (χ4n) is 2.52. The highest BCUT2D eigenvalue weighted by Gasteiger charge is 2.35. The van der Waals surface area contributed by atoms with Crippen molar-refractivity contribution in [2.45, 2.75) is 59.1 Å². The van der Waals surface area contributed by atoms with Crippen molar-refractivity contribution in [3.05, 3.63) is 35.4 Å². The molecule has 0 unspecified atom stereocenters. The van der Waals surface area contributed by atoms with Gasteiger partial charge in [-0.3, -0.25) is 9.59 Å². The third-order valence-corrected chi connectivity index (χ3v) is 4.44. The van der Waals surface area contributed by atoms with Crippen molar-refractivity contribution in [3.63, 3.8) is 0 Å². The molecule has 1 aromatic rings. The number of aliphatic hydroxyl groups is 1. The van der Waals surface area contributed by atoms with Crippen LogP contribution in [0, 0.1) is 11.8 Å². The third kappa shape index (κ3) is 5.34. The minimum absolute atomic E-state index is 0.0585. The fraction of sp³-hybridized carbons (Fsp3) is 0.579. The first-order chi connectivity index (χ1) is 11.1. The van der Waals surface area contributed by atoms with E-state index in [1.807, 2.05) is 31.2 Å². The van der Waals surface area contributed by atoms with E-state index in [1.165, 1.54) is 5.56 Å². The van der Waals surface area contributed by atoms with Gasteiger partial charge in [0.2, 0.25) is 5.91 Å². The predicted octanol–water partition coefficient (Wildman–Crippen LogP) is 2.71. The molecule has 1 rings (SSSR count). The highest BCUT2D eigenvalue weighted by Crippen LogP contribution is 2.22. The molecule has 5 heteroatoms. The number of benzene rings is 1. The second kappa shape index (κ2) is 8.29. The molecule has 0 heterocycles. The molecule has 0 aliphatic rings. The van der Waals surface area contributed by atoms with Gasteiger partial charge in [0.1, 0.15) is 6.10 Å². The number of carbonyl (C=O) groups excluding carboxylic acids is 1. The van der Waals surface area contributed by atoms with Gasteiger partial charge >= 0.3 is 5.97 Å². The summed E-state index contributed by atoms with van der Waals surface area (Å²) in [6.07, 6.45) is -0.971. The van der Waals surface area contributed by atoms with Gasteiger partial charge in [0, 0.05) is 6.54 Å². The molecule has 0 bridgehead atoms. The summed E-state index contributed by atoms with van der Waals surface area (Å²) in [6.45, 7) is 10.2. The summed E-state index contributed by atoms with van der Waals surface area (Å²) in [6, 6.07) is 7.88. The molecular formula is C19H29NO4. The van der Waals surface area contributed by atoms with Gasteiger partial charge < -0.3 is 15.5 Å². The molecule has 3 atom stereocenters. The smallest absolute Gasteiger partial charge is 0.309 e. The number of nitrogens with one attached hydrogen (secondary N) is 1. The number of carboxylic acids is 1. The largest absolute Gasteiger partial charge is 0.481 e. The number of hydrogen-bond acceptors (Lipinski definition) is 3. The molecular weight excluding hydrogens is 306 g/mol. The van der Waals surface area contributed by atoms with Gasteiger partial charge in [0.15, 0.2) is 0 Å². The quantitative estimate of drug-likeness (QED) is 0.715. The first-order valence-corrected chi connectivity index (χ1v) is 8.36. The Hall–Kier alpha value is -1.88. The summed E-state index contributed by atoms with van der Waals surface area (Å²) >= 11 is 0. The summed E-state index contributed by atoms with van der Waals surface area (Å²) in [5.74, 6) is -3.18. The van der Waals surface area contributed by atoms with E-state index in [0.717, 1.165) is 5.56 Å². The molecule has 0 fully saturated rings. The molecule has 1 aromatic carbocycles. The molecule has 3 N–H and O–H groups in total. The minimum Gasteiger partial charge on any atom is -0.481 e.